The van der Waals surface area contributed by atoms with Crippen molar-refractivity contribution in [1.29, 1.82) is 0 Å². The van der Waals surface area contributed by atoms with Crippen molar-refractivity contribution < 1.29 is 9.53 Å². The molecule has 70 valence electrons. The molecule has 0 aromatic heterocycles. The minimum absolute atomic E-state index is 0.0789. The molecule has 1 aliphatic heterocycles. The minimum atomic E-state index is -0.342. The summed E-state index contributed by atoms with van der Waals surface area (Å²) in [5, 5.41) is 2.73. The number of fused-ring (bicyclic) bond motifs is 1. The molecule has 0 saturated carbocycles. The predicted octanol–water partition coefficient (Wildman–Crippen LogP) is 1.96. The summed E-state index contributed by atoms with van der Waals surface area (Å²) in [5.74, 6) is 1.29. The van der Waals surface area contributed by atoms with Crippen LogP contribution in [0.1, 0.15) is 20.3 Å². The second-order valence-corrected chi connectivity index (χ2v) is 3.66. The smallest absolute Gasteiger partial charge is 0.410 e. The topological polar surface area (TPSA) is 38.3 Å². The molecule has 1 aliphatic carbocycles. The van der Waals surface area contributed by atoms with Crippen LogP contribution in [0.5, 0.6) is 0 Å². The van der Waals surface area contributed by atoms with E-state index in [1.165, 1.54) is 0 Å². The fraction of sp³-hybridized carbons (Fsp3) is 0.500. The Morgan fingerprint density at radius 3 is 3.08 bits per heavy atom. The Bertz CT molecular complexity index is 304. The van der Waals surface area contributed by atoms with Crippen LogP contribution in [-0.2, 0) is 4.74 Å². The SMILES string of the molecule is CC1C=C2C(=CC1)OC(=O)NC2C. The fourth-order valence-electron chi connectivity index (χ4n) is 1.71. The highest BCUT2D eigenvalue weighted by molar-refractivity contribution is 5.73. The zero-order valence-corrected chi connectivity index (χ0v) is 7.83. The second-order valence-electron chi connectivity index (χ2n) is 3.66. The number of hydrogen-bond donors (Lipinski definition) is 1. The Hall–Kier alpha value is -1.25. The van der Waals surface area contributed by atoms with E-state index in [-0.39, 0.29) is 12.1 Å². The third-order valence-corrected chi connectivity index (χ3v) is 2.43. The van der Waals surface area contributed by atoms with Crippen molar-refractivity contribution in [1.82, 2.24) is 5.32 Å². The van der Waals surface area contributed by atoms with E-state index in [0.717, 1.165) is 17.8 Å². The summed E-state index contributed by atoms with van der Waals surface area (Å²) in [6, 6.07) is 0.0789. The third-order valence-electron chi connectivity index (χ3n) is 2.43. The van der Waals surface area contributed by atoms with Crippen LogP contribution in [-0.4, -0.2) is 12.1 Å². The number of amides is 1. The molecule has 3 heteroatoms. The first-order chi connectivity index (χ1) is 6.16. The van der Waals surface area contributed by atoms with Crippen LogP contribution in [0.3, 0.4) is 0 Å². The summed E-state index contributed by atoms with van der Waals surface area (Å²) in [6.07, 6.45) is 4.78. The maximum absolute atomic E-state index is 11.0. The van der Waals surface area contributed by atoms with E-state index in [1.54, 1.807) is 0 Å². The van der Waals surface area contributed by atoms with E-state index in [2.05, 4.69) is 18.3 Å². The number of ether oxygens (including phenoxy) is 1. The summed E-state index contributed by atoms with van der Waals surface area (Å²) < 4.78 is 5.05. The molecule has 0 bridgehead atoms. The van der Waals surface area contributed by atoms with Crippen LogP contribution in [0.2, 0.25) is 0 Å². The maximum atomic E-state index is 11.0. The second kappa shape index (κ2) is 2.91. The summed E-state index contributed by atoms with van der Waals surface area (Å²) in [7, 11) is 0. The van der Waals surface area contributed by atoms with Gasteiger partial charge in [0, 0.05) is 5.57 Å². The van der Waals surface area contributed by atoms with Gasteiger partial charge in [0.2, 0.25) is 0 Å². The van der Waals surface area contributed by atoms with E-state index in [4.69, 9.17) is 4.74 Å². The van der Waals surface area contributed by atoms with Crippen LogP contribution in [0.25, 0.3) is 0 Å². The Morgan fingerprint density at radius 1 is 1.54 bits per heavy atom. The van der Waals surface area contributed by atoms with Crippen LogP contribution >= 0.6 is 0 Å². The first kappa shape index (κ1) is 8.35. The molecule has 13 heavy (non-hydrogen) atoms. The van der Waals surface area contributed by atoms with E-state index in [9.17, 15) is 4.79 Å². The number of rotatable bonds is 0. The molecule has 1 fully saturated rings. The van der Waals surface area contributed by atoms with Gasteiger partial charge in [0.25, 0.3) is 0 Å². The lowest BCUT2D eigenvalue weighted by Gasteiger charge is -2.28. The molecule has 2 rings (SSSR count). The van der Waals surface area contributed by atoms with Gasteiger partial charge in [0.1, 0.15) is 5.76 Å². The van der Waals surface area contributed by atoms with E-state index >= 15 is 0 Å². The zero-order chi connectivity index (χ0) is 9.42. The van der Waals surface area contributed by atoms with Crippen LogP contribution in [0.4, 0.5) is 4.79 Å². The monoisotopic (exact) mass is 179 g/mol. The molecular formula is C10H13NO2. The van der Waals surface area contributed by atoms with Crippen molar-refractivity contribution in [3.8, 4) is 0 Å². The van der Waals surface area contributed by atoms with Crippen molar-refractivity contribution in [2.24, 2.45) is 5.92 Å². The Morgan fingerprint density at radius 2 is 2.31 bits per heavy atom. The Labute approximate surface area is 77.5 Å². The molecule has 2 aliphatic rings. The molecule has 0 radical (unpaired) electrons. The van der Waals surface area contributed by atoms with Gasteiger partial charge in [-0.05, 0) is 25.3 Å². The highest BCUT2D eigenvalue weighted by Crippen LogP contribution is 2.28. The summed E-state index contributed by atoms with van der Waals surface area (Å²) in [5.41, 5.74) is 1.11. The highest BCUT2D eigenvalue weighted by atomic mass is 16.6. The molecule has 1 heterocycles. The summed E-state index contributed by atoms with van der Waals surface area (Å²) >= 11 is 0. The normalized spacial score (nSPS) is 32.3. The zero-order valence-electron chi connectivity index (χ0n) is 7.83. The number of carbonyl (C=O) groups excluding carboxylic acids is 1. The van der Waals surface area contributed by atoms with Gasteiger partial charge in [-0.25, -0.2) is 4.79 Å². The minimum Gasteiger partial charge on any atom is -0.410 e. The number of hydrogen-bond acceptors (Lipinski definition) is 2. The van der Waals surface area contributed by atoms with E-state index in [1.807, 2.05) is 13.0 Å². The highest BCUT2D eigenvalue weighted by Gasteiger charge is 2.27. The molecule has 1 N–H and O–H groups in total. The third kappa shape index (κ3) is 1.46. The van der Waals surface area contributed by atoms with Crippen molar-refractivity contribution in [2.75, 3.05) is 0 Å². The number of carbonyl (C=O) groups is 1. The van der Waals surface area contributed by atoms with Gasteiger partial charge in [0.15, 0.2) is 0 Å². The van der Waals surface area contributed by atoms with Gasteiger partial charge in [-0.3, -0.25) is 0 Å². The van der Waals surface area contributed by atoms with Gasteiger partial charge in [-0.2, -0.15) is 0 Å². The molecule has 1 amide bonds. The van der Waals surface area contributed by atoms with Crippen molar-refractivity contribution >= 4 is 6.09 Å². The van der Waals surface area contributed by atoms with Crippen molar-refractivity contribution in [3.63, 3.8) is 0 Å². The van der Waals surface area contributed by atoms with Crippen LogP contribution in [0.15, 0.2) is 23.5 Å². The number of alkyl carbamates (subject to hydrolysis) is 1. The average Bonchev–Trinajstić information content (AvgIpc) is 2.06. The fourth-order valence-corrected chi connectivity index (χ4v) is 1.71. The lowest BCUT2D eigenvalue weighted by atomic mass is 9.92. The summed E-state index contributed by atoms with van der Waals surface area (Å²) in [4.78, 5) is 11.0. The first-order valence-electron chi connectivity index (χ1n) is 4.57. The molecule has 2 atom stereocenters. The average molecular weight is 179 g/mol. The van der Waals surface area contributed by atoms with Crippen molar-refractivity contribution in [2.45, 2.75) is 26.3 Å². The number of allylic oxidation sites excluding steroid dienone is 2. The molecule has 1 saturated heterocycles. The van der Waals surface area contributed by atoms with Gasteiger partial charge in [0.05, 0.1) is 6.04 Å². The first-order valence-corrected chi connectivity index (χ1v) is 4.57. The van der Waals surface area contributed by atoms with E-state index in [0.29, 0.717) is 5.92 Å². The molecule has 3 nitrogen and oxygen atoms in total. The van der Waals surface area contributed by atoms with Gasteiger partial charge < -0.3 is 10.1 Å². The largest absolute Gasteiger partial charge is 0.413 e. The molecular weight excluding hydrogens is 166 g/mol. The summed E-state index contributed by atoms with van der Waals surface area (Å²) in [6.45, 7) is 4.13. The standard InChI is InChI=1S/C10H13NO2/c1-6-3-4-9-8(5-6)7(2)11-10(12)13-9/h4-7H,3H2,1-2H3,(H,11,12). The van der Waals surface area contributed by atoms with Crippen LogP contribution in [0, 0.1) is 5.92 Å². The lowest BCUT2D eigenvalue weighted by molar-refractivity contribution is 0.164. The van der Waals surface area contributed by atoms with Crippen molar-refractivity contribution in [3.05, 3.63) is 23.5 Å². The van der Waals surface area contributed by atoms with Gasteiger partial charge in [-0.1, -0.05) is 13.0 Å². The van der Waals surface area contributed by atoms with Gasteiger partial charge >= 0.3 is 6.09 Å². The maximum Gasteiger partial charge on any atom is 0.413 e. The quantitative estimate of drug-likeness (QED) is 0.617. The van der Waals surface area contributed by atoms with Crippen LogP contribution < -0.4 is 5.32 Å². The lowest BCUT2D eigenvalue weighted by Crippen LogP contribution is -2.41. The molecule has 0 aromatic carbocycles. The molecule has 0 spiro atoms. The molecule has 0 aromatic rings. The van der Waals surface area contributed by atoms with Gasteiger partial charge in [-0.15, -0.1) is 0 Å². The predicted molar refractivity (Wildman–Crippen MR) is 49.0 cm³/mol. The molecule has 2 unspecified atom stereocenters. The Kier molecular flexibility index (Phi) is 1.87. The number of nitrogens with one attached hydrogen (secondary N) is 1. The Balaban J connectivity index is 2.29. The van der Waals surface area contributed by atoms with E-state index < -0.39 is 0 Å².